The van der Waals surface area contributed by atoms with Crippen LogP contribution in [0.25, 0.3) is 0 Å². The van der Waals surface area contributed by atoms with Gasteiger partial charge >= 0.3 is 0 Å². The van der Waals surface area contributed by atoms with Gasteiger partial charge in [0.2, 0.25) is 5.91 Å². The van der Waals surface area contributed by atoms with Gasteiger partial charge in [-0.3, -0.25) is 4.79 Å². The van der Waals surface area contributed by atoms with Crippen molar-refractivity contribution in [1.82, 2.24) is 10.6 Å². The molecule has 2 N–H and O–H groups in total. The summed E-state index contributed by atoms with van der Waals surface area (Å²) in [5.74, 6) is 2.36. The molecule has 88 valence electrons. The van der Waals surface area contributed by atoms with E-state index in [1.807, 2.05) is 26.0 Å². The molecule has 0 aromatic carbocycles. The van der Waals surface area contributed by atoms with E-state index in [4.69, 9.17) is 4.42 Å². The second kappa shape index (κ2) is 4.70. The lowest BCUT2D eigenvalue weighted by Crippen LogP contribution is -2.49. The van der Waals surface area contributed by atoms with Crippen LogP contribution in [0.3, 0.4) is 0 Å². The van der Waals surface area contributed by atoms with Gasteiger partial charge in [-0.25, -0.2) is 0 Å². The highest BCUT2D eigenvalue weighted by atomic mass is 16.3. The first-order valence-corrected chi connectivity index (χ1v) is 5.70. The van der Waals surface area contributed by atoms with Gasteiger partial charge in [0.25, 0.3) is 0 Å². The van der Waals surface area contributed by atoms with Gasteiger partial charge in [0, 0.05) is 5.92 Å². The molecular formula is C12H18N2O2. The normalized spacial score (nSPS) is 17.9. The van der Waals surface area contributed by atoms with E-state index in [1.54, 1.807) is 0 Å². The number of carbonyl (C=O) groups is 1. The Bertz CT molecular complexity index is 369. The topological polar surface area (TPSA) is 54.3 Å². The van der Waals surface area contributed by atoms with E-state index in [1.165, 1.54) is 0 Å². The molecule has 1 fully saturated rings. The molecule has 1 aliphatic heterocycles. The van der Waals surface area contributed by atoms with Crippen molar-refractivity contribution < 1.29 is 9.21 Å². The molecule has 0 radical (unpaired) electrons. The van der Waals surface area contributed by atoms with Crippen LogP contribution in [0.4, 0.5) is 0 Å². The summed E-state index contributed by atoms with van der Waals surface area (Å²) in [5.41, 5.74) is 0. The molecule has 0 bridgehead atoms. The number of rotatable bonds is 4. The highest BCUT2D eigenvalue weighted by Crippen LogP contribution is 2.16. The van der Waals surface area contributed by atoms with Crippen LogP contribution in [0.5, 0.6) is 0 Å². The van der Waals surface area contributed by atoms with Crippen LogP contribution < -0.4 is 10.6 Å². The summed E-state index contributed by atoms with van der Waals surface area (Å²) in [4.78, 5) is 11.8. The Morgan fingerprint density at radius 2 is 2.38 bits per heavy atom. The third kappa shape index (κ3) is 2.44. The fourth-order valence-corrected chi connectivity index (χ4v) is 1.79. The van der Waals surface area contributed by atoms with Gasteiger partial charge in [0.15, 0.2) is 0 Å². The van der Waals surface area contributed by atoms with Crippen LogP contribution >= 0.6 is 0 Å². The largest absolute Gasteiger partial charge is 0.465 e. The molecule has 0 saturated carbocycles. The van der Waals surface area contributed by atoms with Gasteiger partial charge < -0.3 is 15.1 Å². The number of nitrogens with one attached hydrogen (secondary N) is 2. The summed E-state index contributed by atoms with van der Waals surface area (Å²) in [6, 6.07) is 3.80. The van der Waals surface area contributed by atoms with Crippen LogP contribution in [-0.4, -0.2) is 19.0 Å². The molecule has 1 aromatic heterocycles. The molecule has 1 amide bonds. The van der Waals surface area contributed by atoms with Gasteiger partial charge in [-0.05, 0) is 38.1 Å². The summed E-state index contributed by atoms with van der Waals surface area (Å²) in [5, 5.41) is 6.08. The van der Waals surface area contributed by atoms with Crippen LogP contribution in [0.2, 0.25) is 0 Å². The van der Waals surface area contributed by atoms with E-state index in [9.17, 15) is 4.79 Å². The van der Waals surface area contributed by atoms with Crippen LogP contribution in [0, 0.1) is 18.8 Å². The van der Waals surface area contributed by atoms with Crippen molar-refractivity contribution in [2.45, 2.75) is 20.4 Å². The maximum absolute atomic E-state index is 11.8. The summed E-state index contributed by atoms with van der Waals surface area (Å²) in [6.07, 6.45) is 0. The van der Waals surface area contributed by atoms with Crippen molar-refractivity contribution in [3.05, 3.63) is 23.7 Å². The Balaban J connectivity index is 1.78. The minimum absolute atomic E-state index is 0.0808. The molecule has 1 saturated heterocycles. The van der Waals surface area contributed by atoms with E-state index < -0.39 is 0 Å². The number of furan rings is 1. The molecule has 0 spiro atoms. The molecule has 0 aliphatic carbocycles. The minimum Gasteiger partial charge on any atom is -0.465 e. The van der Waals surface area contributed by atoms with Crippen molar-refractivity contribution >= 4 is 5.91 Å². The van der Waals surface area contributed by atoms with Crippen LogP contribution in [-0.2, 0) is 11.3 Å². The molecule has 2 rings (SSSR count). The first-order chi connectivity index (χ1) is 7.66. The van der Waals surface area contributed by atoms with Crippen molar-refractivity contribution in [1.29, 1.82) is 0 Å². The smallest absolute Gasteiger partial charge is 0.223 e. The maximum atomic E-state index is 11.8. The van der Waals surface area contributed by atoms with Crippen molar-refractivity contribution in [3.8, 4) is 0 Å². The van der Waals surface area contributed by atoms with Gasteiger partial charge in [-0.15, -0.1) is 0 Å². The van der Waals surface area contributed by atoms with Gasteiger partial charge in [-0.2, -0.15) is 0 Å². The summed E-state index contributed by atoms with van der Waals surface area (Å²) >= 11 is 0. The summed E-state index contributed by atoms with van der Waals surface area (Å²) in [6.45, 7) is 6.27. The third-order valence-corrected chi connectivity index (χ3v) is 3.17. The molecular weight excluding hydrogens is 204 g/mol. The Labute approximate surface area is 95.4 Å². The molecule has 1 unspecified atom stereocenters. The first kappa shape index (κ1) is 11.2. The first-order valence-electron chi connectivity index (χ1n) is 5.70. The van der Waals surface area contributed by atoms with E-state index in [2.05, 4.69) is 10.6 Å². The highest BCUT2D eigenvalue weighted by molar-refractivity contribution is 5.78. The molecule has 2 heterocycles. The number of aryl methyl sites for hydroxylation is 1. The van der Waals surface area contributed by atoms with E-state index >= 15 is 0 Å². The van der Waals surface area contributed by atoms with Crippen LogP contribution in [0.15, 0.2) is 16.5 Å². The van der Waals surface area contributed by atoms with Gasteiger partial charge in [0.05, 0.1) is 6.54 Å². The molecule has 1 aromatic rings. The average Bonchev–Trinajstić information content (AvgIpc) is 2.58. The lowest BCUT2D eigenvalue weighted by atomic mass is 9.88. The summed E-state index contributed by atoms with van der Waals surface area (Å²) in [7, 11) is 0. The summed E-state index contributed by atoms with van der Waals surface area (Å²) < 4.78 is 5.39. The quantitative estimate of drug-likeness (QED) is 0.801. The fourth-order valence-electron chi connectivity index (χ4n) is 1.79. The van der Waals surface area contributed by atoms with Crippen molar-refractivity contribution in [2.24, 2.45) is 11.8 Å². The Hall–Kier alpha value is -1.29. The minimum atomic E-state index is 0.0808. The lowest BCUT2D eigenvalue weighted by Gasteiger charge is -2.31. The molecule has 1 atom stereocenters. The zero-order valence-corrected chi connectivity index (χ0v) is 9.75. The number of hydrogen-bond donors (Lipinski definition) is 2. The van der Waals surface area contributed by atoms with E-state index in [-0.39, 0.29) is 11.8 Å². The Morgan fingerprint density at radius 1 is 1.62 bits per heavy atom. The monoisotopic (exact) mass is 222 g/mol. The third-order valence-electron chi connectivity index (χ3n) is 3.17. The fraction of sp³-hybridized carbons (Fsp3) is 0.583. The molecule has 1 aliphatic rings. The van der Waals surface area contributed by atoms with E-state index in [0.29, 0.717) is 12.5 Å². The zero-order chi connectivity index (χ0) is 11.5. The second-order valence-electron chi connectivity index (χ2n) is 4.44. The number of carbonyl (C=O) groups excluding carboxylic acids is 1. The predicted octanol–water partition coefficient (Wildman–Crippen LogP) is 1.06. The van der Waals surface area contributed by atoms with Crippen molar-refractivity contribution in [3.63, 3.8) is 0 Å². The Kier molecular flexibility index (Phi) is 3.29. The van der Waals surface area contributed by atoms with Crippen LogP contribution in [0.1, 0.15) is 18.4 Å². The SMILES string of the molecule is Cc1ccc(CNC(=O)C(C)C2CNC2)o1. The standard InChI is InChI=1S/C12H18N2O2/c1-8-3-4-11(16-8)7-14-12(15)9(2)10-5-13-6-10/h3-4,9-10,13H,5-7H2,1-2H3,(H,14,15). The molecule has 4 nitrogen and oxygen atoms in total. The highest BCUT2D eigenvalue weighted by Gasteiger charge is 2.28. The molecule has 4 heteroatoms. The van der Waals surface area contributed by atoms with E-state index in [0.717, 1.165) is 24.6 Å². The predicted molar refractivity (Wildman–Crippen MR) is 60.8 cm³/mol. The Morgan fingerprint density at radius 3 is 2.88 bits per heavy atom. The zero-order valence-electron chi connectivity index (χ0n) is 9.75. The van der Waals surface area contributed by atoms with Gasteiger partial charge in [0.1, 0.15) is 11.5 Å². The molecule has 16 heavy (non-hydrogen) atoms. The average molecular weight is 222 g/mol. The van der Waals surface area contributed by atoms with Crippen molar-refractivity contribution in [2.75, 3.05) is 13.1 Å². The number of hydrogen-bond acceptors (Lipinski definition) is 3. The van der Waals surface area contributed by atoms with Gasteiger partial charge in [-0.1, -0.05) is 6.92 Å². The maximum Gasteiger partial charge on any atom is 0.223 e. The lowest BCUT2D eigenvalue weighted by molar-refractivity contribution is -0.126. The second-order valence-corrected chi connectivity index (χ2v) is 4.44. The number of amides is 1.